The van der Waals surface area contributed by atoms with E-state index in [1.54, 1.807) is 30.3 Å². The number of nitrogens with one attached hydrogen (secondary N) is 1. The SMILES string of the molecule is COc1cccc(CNC(=O)C[C@H]2c3ncccc3C(=O)N2c2ccccc2)c1. The van der Waals surface area contributed by atoms with Crippen molar-refractivity contribution in [1.82, 2.24) is 10.3 Å². The molecule has 6 nitrogen and oxygen atoms in total. The van der Waals surface area contributed by atoms with Crippen LogP contribution in [0, 0.1) is 0 Å². The van der Waals surface area contributed by atoms with Gasteiger partial charge in [-0.05, 0) is 42.0 Å². The third kappa shape index (κ3) is 3.82. The quantitative estimate of drug-likeness (QED) is 0.703. The number of rotatable bonds is 6. The van der Waals surface area contributed by atoms with Crippen molar-refractivity contribution in [3.05, 3.63) is 89.7 Å². The van der Waals surface area contributed by atoms with Crippen LogP contribution < -0.4 is 15.0 Å². The molecule has 1 atom stereocenters. The third-order valence-corrected chi connectivity index (χ3v) is 4.95. The van der Waals surface area contributed by atoms with Gasteiger partial charge in [0.05, 0.1) is 30.8 Å². The molecule has 2 amide bonds. The van der Waals surface area contributed by atoms with E-state index in [-0.39, 0.29) is 18.2 Å². The van der Waals surface area contributed by atoms with Gasteiger partial charge in [-0.25, -0.2) is 0 Å². The first-order chi connectivity index (χ1) is 14.2. The van der Waals surface area contributed by atoms with Crippen LogP contribution >= 0.6 is 0 Å². The molecule has 2 heterocycles. The predicted molar refractivity (Wildman–Crippen MR) is 110 cm³/mol. The third-order valence-electron chi connectivity index (χ3n) is 4.95. The van der Waals surface area contributed by atoms with Crippen molar-refractivity contribution in [2.24, 2.45) is 0 Å². The van der Waals surface area contributed by atoms with E-state index in [4.69, 9.17) is 4.74 Å². The Labute approximate surface area is 169 Å². The number of para-hydroxylation sites is 1. The van der Waals surface area contributed by atoms with Gasteiger partial charge < -0.3 is 10.1 Å². The van der Waals surface area contributed by atoms with Crippen molar-refractivity contribution >= 4 is 17.5 Å². The van der Waals surface area contributed by atoms with Crippen LogP contribution in [0.2, 0.25) is 0 Å². The summed E-state index contributed by atoms with van der Waals surface area (Å²) in [7, 11) is 1.61. The van der Waals surface area contributed by atoms with Gasteiger partial charge in [-0.2, -0.15) is 0 Å². The summed E-state index contributed by atoms with van der Waals surface area (Å²) in [5.41, 5.74) is 2.87. The van der Waals surface area contributed by atoms with Gasteiger partial charge in [-0.1, -0.05) is 30.3 Å². The number of hydrogen-bond acceptors (Lipinski definition) is 4. The summed E-state index contributed by atoms with van der Waals surface area (Å²) in [5.74, 6) is 0.460. The second-order valence-electron chi connectivity index (χ2n) is 6.80. The van der Waals surface area contributed by atoms with Crippen LogP contribution in [0.1, 0.15) is 34.1 Å². The van der Waals surface area contributed by atoms with Gasteiger partial charge in [0.25, 0.3) is 5.91 Å². The topological polar surface area (TPSA) is 71.5 Å². The summed E-state index contributed by atoms with van der Waals surface area (Å²) in [5, 5.41) is 2.93. The van der Waals surface area contributed by atoms with E-state index in [1.807, 2.05) is 54.6 Å². The second-order valence-corrected chi connectivity index (χ2v) is 6.80. The number of amides is 2. The monoisotopic (exact) mass is 387 g/mol. The first-order valence-electron chi connectivity index (χ1n) is 9.40. The fourth-order valence-electron chi connectivity index (χ4n) is 3.56. The van der Waals surface area contributed by atoms with E-state index in [9.17, 15) is 9.59 Å². The molecule has 0 unspecified atom stereocenters. The highest BCUT2D eigenvalue weighted by atomic mass is 16.5. The number of fused-ring (bicyclic) bond motifs is 1. The van der Waals surface area contributed by atoms with Gasteiger partial charge in [0, 0.05) is 18.4 Å². The standard InChI is InChI=1S/C23H21N3O3/c1-29-18-10-5-7-16(13-18)15-25-21(27)14-20-22-19(11-6-12-24-22)23(28)26(20)17-8-3-2-4-9-17/h2-13,20H,14-15H2,1H3,(H,25,27)/t20-/m0/s1. The van der Waals surface area contributed by atoms with E-state index >= 15 is 0 Å². The number of carbonyl (C=O) groups excluding carboxylic acids is 2. The average molecular weight is 387 g/mol. The van der Waals surface area contributed by atoms with Gasteiger partial charge in [-0.15, -0.1) is 0 Å². The molecular formula is C23H21N3O3. The fraction of sp³-hybridized carbons (Fsp3) is 0.174. The zero-order valence-electron chi connectivity index (χ0n) is 16.0. The highest BCUT2D eigenvalue weighted by molar-refractivity contribution is 6.11. The molecule has 146 valence electrons. The van der Waals surface area contributed by atoms with Crippen LogP contribution in [0.25, 0.3) is 0 Å². The maximum Gasteiger partial charge on any atom is 0.260 e. The van der Waals surface area contributed by atoms with Gasteiger partial charge >= 0.3 is 0 Å². The van der Waals surface area contributed by atoms with Crippen molar-refractivity contribution in [2.75, 3.05) is 12.0 Å². The molecule has 3 aromatic rings. The number of carbonyl (C=O) groups is 2. The van der Waals surface area contributed by atoms with Crippen LogP contribution in [0.3, 0.4) is 0 Å². The van der Waals surface area contributed by atoms with Crippen LogP contribution in [0.15, 0.2) is 72.9 Å². The number of hydrogen-bond donors (Lipinski definition) is 1. The number of methoxy groups -OCH3 is 1. The van der Waals surface area contributed by atoms with Crippen molar-refractivity contribution in [3.63, 3.8) is 0 Å². The van der Waals surface area contributed by atoms with Crippen LogP contribution in [0.5, 0.6) is 5.75 Å². The van der Waals surface area contributed by atoms with E-state index in [0.29, 0.717) is 17.8 Å². The Bertz CT molecular complexity index is 1040. The Kier molecular flexibility index (Phi) is 5.24. The van der Waals surface area contributed by atoms with Gasteiger partial charge in [-0.3, -0.25) is 19.5 Å². The molecule has 1 aliphatic rings. The molecule has 1 aromatic heterocycles. The lowest BCUT2D eigenvalue weighted by atomic mass is 10.1. The highest BCUT2D eigenvalue weighted by Crippen LogP contribution is 2.38. The number of ether oxygens (including phenoxy) is 1. The van der Waals surface area contributed by atoms with E-state index < -0.39 is 6.04 Å². The Morgan fingerprint density at radius 3 is 2.72 bits per heavy atom. The van der Waals surface area contributed by atoms with E-state index in [2.05, 4.69) is 10.3 Å². The number of benzene rings is 2. The van der Waals surface area contributed by atoms with E-state index in [1.165, 1.54) is 0 Å². The largest absolute Gasteiger partial charge is 0.497 e. The lowest BCUT2D eigenvalue weighted by Gasteiger charge is -2.24. The number of pyridine rings is 1. The Balaban J connectivity index is 1.53. The minimum atomic E-state index is -0.439. The van der Waals surface area contributed by atoms with Gasteiger partial charge in [0.1, 0.15) is 5.75 Å². The maximum absolute atomic E-state index is 13.0. The van der Waals surface area contributed by atoms with Crippen LogP contribution in [-0.2, 0) is 11.3 Å². The molecule has 0 bridgehead atoms. The van der Waals surface area contributed by atoms with E-state index in [0.717, 1.165) is 17.0 Å². The summed E-state index contributed by atoms with van der Waals surface area (Å²) >= 11 is 0. The first kappa shape index (κ1) is 18.7. The second kappa shape index (κ2) is 8.14. The molecule has 2 aromatic carbocycles. The number of nitrogens with zero attached hydrogens (tertiary/aromatic N) is 2. The molecule has 0 saturated carbocycles. The summed E-state index contributed by atoms with van der Waals surface area (Å²) in [6, 6.07) is 20.0. The average Bonchev–Trinajstić information content (AvgIpc) is 3.05. The molecule has 0 aliphatic carbocycles. The fourth-order valence-corrected chi connectivity index (χ4v) is 3.56. The summed E-state index contributed by atoms with van der Waals surface area (Å²) < 4.78 is 5.22. The summed E-state index contributed by atoms with van der Waals surface area (Å²) in [6.45, 7) is 0.386. The van der Waals surface area contributed by atoms with Crippen molar-refractivity contribution in [1.29, 1.82) is 0 Å². The molecule has 1 aliphatic heterocycles. The zero-order valence-corrected chi connectivity index (χ0v) is 16.0. The molecule has 4 rings (SSSR count). The lowest BCUT2D eigenvalue weighted by Crippen LogP contribution is -2.32. The first-order valence-corrected chi connectivity index (χ1v) is 9.40. The smallest absolute Gasteiger partial charge is 0.260 e. The predicted octanol–water partition coefficient (Wildman–Crippen LogP) is 3.50. The Morgan fingerprint density at radius 1 is 1.10 bits per heavy atom. The van der Waals surface area contributed by atoms with Crippen LogP contribution in [0.4, 0.5) is 5.69 Å². The molecule has 6 heteroatoms. The molecule has 0 radical (unpaired) electrons. The molecule has 0 fully saturated rings. The van der Waals surface area contributed by atoms with Gasteiger partial charge in [0.15, 0.2) is 0 Å². The van der Waals surface area contributed by atoms with Crippen molar-refractivity contribution in [2.45, 2.75) is 19.0 Å². The normalized spacial score (nSPS) is 15.1. The van der Waals surface area contributed by atoms with Gasteiger partial charge in [0.2, 0.25) is 5.91 Å². The summed E-state index contributed by atoms with van der Waals surface area (Å²) in [6.07, 6.45) is 1.79. The minimum Gasteiger partial charge on any atom is -0.497 e. The molecule has 0 saturated heterocycles. The Morgan fingerprint density at radius 2 is 1.93 bits per heavy atom. The number of anilines is 1. The molecular weight excluding hydrogens is 366 g/mol. The number of aromatic nitrogens is 1. The molecule has 1 N–H and O–H groups in total. The highest BCUT2D eigenvalue weighted by Gasteiger charge is 2.39. The van der Waals surface area contributed by atoms with Crippen molar-refractivity contribution < 1.29 is 14.3 Å². The molecule has 29 heavy (non-hydrogen) atoms. The summed E-state index contributed by atoms with van der Waals surface area (Å²) in [4.78, 5) is 31.7. The van der Waals surface area contributed by atoms with Crippen LogP contribution in [-0.4, -0.2) is 23.9 Å². The zero-order chi connectivity index (χ0) is 20.2. The maximum atomic E-state index is 13.0. The molecule has 0 spiro atoms. The van der Waals surface area contributed by atoms with Crippen molar-refractivity contribution in [3.8, 4) is 5.75 Å². The minimum absolute atomic E-state index is 0.134. The lowest BCUT2D eigenvalue weighted by molar-refractivity contribution is -0.121. The Hall–Kier alpha value is -3.67.